The first-order valence-electron chi connectivity index (χ1n) is 7.06. The molecule has 0 saturated carbocycles. The van der Waals surface area contributed by atoms with E-state index < -0.39 is 9.84 Å². The summed E-state index contributed by atoms with van der Waals surface area (Å²) in [6.07, 6.45) is 1.26. The number of rotatable bonds is 7. The van der Waals surface area contributed by atoms with Crippen LogP contribution in [0.4, 0.5) is 0 Å². The third-order valence-electron chi connectivity index (χ3n) is 3.44. The topological polar surface area (TPSA) is 64.0 Å². The van der Waals surface area contributed by atoms with Crippen LogP contribution in [-0.2, 0) is 16.4 Å². The molecule has 1 atom stereocenters. The van der Waals surface area contributed by atoms with Crippen LogP contribution in [0.15, 0.2) is 0 Å². The van der Waals surface area contributed by atoms with Crippen LogP contribution < -0.4 is 5.32 Å². The van der Waals surface area contributed by atoms with Gasteiger partial charge in [-0.1, -0.05) is 20.8 Å². The summed E-state index contributed by atoms with van der Waals surface area (Å²) in [4.78, 5) is 0. The smallest absolute Gasteiger partial charge is 0.149 e. The zero-order chi connectivity index (χ0) is 15.5. The van der Waals surface area contributed by atoms with E-state index in [1.165, 1.54) is 11.8 Å². The van der Waals surface area contributed by atoms with Gasteiger partial charge in [0.25, 0.3) is 0 Å². The summed E-state index contributed by atoms with van der Waals surface area (Å²) in [5.74, 6) is 0.497. The van der Waals surface area contributed by atoms with Gasteiger partial charge in [0.2, 0.25) is 0 Å². The lowest BCUT2D eigenvalue weighted by atomic mass is 9.99. The van der Waals surface area contributed by atoms with E-state index in [0.29, 0.717) is 18.5 Å². The van der Waals surface area contributed by atoms with Gasteiger partial charge in [0, 0.05) is 24.5 Å². The molecule has 1 heterocycles. The molecule has 0 aliphatic rings. The number of sulfone groups is 1. The molecule has 0 radical (unpaired) electrons. The number of aryl methyl sites for hydroxylation is 2. The molecular weight excluding hydrogens is 274 g/mol. The maximum atomic E-state index is 11.3. The highest BCUT2D eigenvalue weighted by Crippen LogP contribution is 2.22. The largest absolute Gasteiger partial charge is 0.314 e. The van der Waals surface area contributed by atoms with Crippen molar-refractivity contribution in [1.82, 2.24) is 15.1 Å². The highest BCUT2D eigenvalue weighted by molar-refractivity contribution is 7.90. The van der Waals surface area contributed by atoms with Crippen molar-refractivity contribution >= 4 is 9.84 Å². The third-order valence-corrected chi connectivity index (χ3v) is 4.36. The summed E-state index contributed by atoms with van der Waals surface area (Å²) < 4.78 is 24.4. The van der Waals surface area contributed by atoms with Gasteiger partial charge in [-0.3, -0.25) is 4.68 Å². The standard InChI is InChI=1S/C14H27N3O2S/c1-10(2)15-9-11(3)14-12(4)16-17(13(14)5)7-8-20(6,18)19/h10-11,15H,7-9H2,1-6H3. The fourth-order valence-electron chi connectivity index (χ4n) is 2.41. The molecule has 0 aromatic carbocycles. The minimum Gasteiger partial charge on any atom is -0.314 e. The Kier molecular flexibility index (Phi) is 5.77. The molecule has 1 aromatic rings. The average molecular weight is 301 g/mol. The molecule has 0 aliphatic heterocycles. The van der Waals surface area contributed by atoms with Crippen LogP contribution in [0.2, 0.25) is 0 Å². The van der Waals surface area contributed by atoms with Gasteiger partial charge in [-0.25, -0.2) is 8.42 Å². The Hall–Kier alpha value is -0.880. The molecule has 1 aromatic heterocycles. The quantitative estimate of drug-likeness (QED) is 0.831. The Labute approximate surface area is 122 Å². The first kappa shape index (κ1) is 17.2. The summed E-state index contributed by atoms with van der Waals surface area (Å²) in [6.45, 7) is 11.8. The van der Waals surface area contributed by atoms with Crippen LogP contribution >= 0.6 is 0 Å². The lowest BCUT2D eigenvalue weighted by Gasteiger charge is -2.15. The fraction of sp³-hybridized carbons (Fsp3) is 0.786. The molecule has 0 saturated heterocycles. The molecule has 0 amide bonds. The van der Waals surface area contributed by atoms with Crippen molar-refractivity contribution in [2.75, 3.05) is 18.6 Å². The van der Waals surface area contributed by atoms with Gasteiger partial charge >= 0.3 is 0 Å². The predicted octanol–water partition coefficient (Wildman–Crippen LogP) is 1.65. The van der Waals surface area contributed by atoms with E-state index in [1.807, 2.05) is 18.5 Å². The van der Waals surface area contributed by atoms with Gasteiger partial charge in [0.05, 0.1) is 18.0 Å². The summed E-state index contributed by atoms with van der Waals surface area (Å²) in [7, 11) is -2.96. The summed E-state index contributed by atoms with van der Waals surface area (Å²) in [6, 6.07) is 0.457. The average Bonchev–Trinajstić information content (AvgIpc) is 2.58. The van der Waals surface area contributed by atoms with Crippen molar-refractivity contribution in [3.8, 4) is 0 Å². The van der Waals surface area contributed by atoms with Crippen LogP contribution in [0.3, 0.4) is 0 Å². The Morgan fingerprint density at radius 3 is 2.35 bits per heavy atom. The number of hydrogen-bond donors (Lipinski definition) is 1. The van der Waals surface area contributed by atoms with E-state index in [4.69, 9.17) is 0 Å². The molecule has 1 unspecified atom stereocenters. The van der Waals surface area contributed by atoms with Crippen molar-refractivity contribution in [1.29, 1.82) is 0 Å². The van der Waals surface area contributed by atoms with Gasteiger partial charge < -0.3 is 5.32 Å². The summed E-state index contributed by atoms with van der Waals surface area (Å²) in [5.41, 5.74) is 3.30. The maximum Gasteiger partial charge on any atom is 0.149 e. The second-order valence-corrected chi connectivity index (χ2v) is 8.16. The molecule has 0 fully saturated rings. The normalized spacial score (nSPS) is 13.9. The lowest BCUT2D eigenvalue weighted by molar-refractivity contribution is 0.544. The Morgan fingerprint density at radius 1 is 1.25 bits per heavy atom. The predicted molar refractivity (Wildman–Crippen MR) is 83.0 cm³/mol. The zero-order valence-corrected chi connectivity index (χ0v) is 14.2. The van der Waals surface area contributed by atoms with Crippen molar-refractivity contribution in [3.05, 3.63) is 17.0 Å². The van der Waals surface area contributed by atoms with Crippen LogP contribution in [0.25, 0.3) is 0 Å². The molecular formula is C14H27N3O2S. The second-order valence-electron chi connectivity index (χ2n) is 5.90. The molecule has 5 nitrogen and oxygen atoms in total. The van der Waals surface area contributed by atoms with E-state index in [0.717, 1.165) is 17.9 Å². The van der Waals surface area contributed by atoms with E-state index in [9.17, 15) is 8.42 Å². The monoisotopic (exact) mass is 301 g/mol. The molecule has 1 N–H and O–H groups in total. The Balaban J connectivity index is 2.85. The van der Waals surface area contributed by atoms with Gasteiger partial charge in [-0.2, -0.15) is 5.10 Å². The van der Waals surface area contributed by atoms with Crippen LogP contribution in [0.5, 0.6) is 0 Å². The molecule has 0 bridgehead atoms. The van der Waals surface area contributed by atoms with Gasteiger partial charge in [-0.15, -0.1) is 0 Å². The molecule has 6 heteroatoms. The summed E-state index contributed by atoms with van der Waals surface area (Å²) in [5, 5.41) is 7.92. The van der Waals surface area contributed by atoms with E-state index in [1.54, 1.807) is 0 Å². The van der Waals surface area contributed by atoms with Crippen LogP contribution in [-0.4, -0.2) is 42.8 Å². The van der Waals surface area contributed by atoms with Gasteiger partial charge in [-0.05, 0) is 25.3 Å². The highest BCUT2D eigenvalue weighted by Gasteiger charge is 2.18. The minimum absolute atomic E-state index is 0.132. The number of aromatic nitrogens is 2. The number of hydrogen-bond acceptors (Lipinski definition) is 4. The highest BCUT2D eigenvalue weighted by atomic mass is 32.2. The molecule has 20 heavy (non-hydrogen) atoms. The van der Waals surface area contributed by atoms with Crippen LogP contribution in [0, 0.1) is 13.8 Å². The Bertz CT molecular complexity index is 547. The maximum absolute atomic E-state index is 11.3. The lowest BCUT2D eigenvalue weighted by Crippen LogP contribution is -2.27. The van der Waals surface area contributed by atoms with Crippen molar-refractivity contribution < 1.29 is 8.42 Å². The van der Waals surface area contributed by atoms with Crippen molar-refractivity contribution in [2.24, 2.45) is 0 Å². The number of nitrogens with one attached hydrogen (secondary N) is 1. The molecule has 0 aliphatic carbocycles. The molecule has 116 valence electrons. The molecule has 1 rings (SSSR count). The van der Waals surface area contributed by atoms with Gasteiger partial charge in [0.1, 0.15) is 9.84 Å². The van der Waals surface area contributed by atoms with E-state index in [2.05, 4.69) is 31.2 Å². The van der Waals surface area contributed by atoms with E-state index >= 15 is 0 Å². The van der Waals surface area contributed by atoms with Crippen molar-refractivity contribution in [3.63, 3.8) is 0 Å². The van der Waals surface area contributed by atoms with Crippen molar-refractivity contribution in [2.45, 2.75) is 53.1 Å². The minimum atomic E-state index is -2.96. The Morgan fingerprint density at radius 2 is 1.85 bits per heavy atom. The second kappa shape index (κ2) is 6.72. The zero-order valence-electron chi connectivity index (χ0n) is 13.4. The SMILES string of the molecule is Cc1nn(CCS(C)(=O)=O)c(C)c1C(C)CNC(C)C. The summed E-state index contributed by atoms with van der Waals surface area (Å²) >= 11 is 0. The fourth-order valence-corrected chi connectivity index (χ4v) is 2.91. The van der Waals surface area contributed by atoms with Crippen LogP contribution in [0.1, 0.15) is 43.6 Å². The number of nitrogens with zero attached hydrogens (tertiary/aromatic N) is 2. The van der Waals surface area contributed by atoms with E-state index in [-0.39, 0.29) is 5.75 Å². The first-order valence-corrected chi connectivity index (χ1v) is 9.13. The van der Waals surface area contributed by atoms with Gasteiger partial charge in [0.15, 0.2) is 0 Å². The third kappa shape index (κ3) is 4.90. The first-order chi connectivity index (χ1) is 9.11. The molecule has 0 spiro atoms.